The van der Waals surface area contributed by atoms with Gasteiger partial charge in [0.05, 0.1) is 11.7 Å². The molecule has 0 saturated carbocycles. The van der Waals surface area contributed by atoms with Crippen LogP contribution in [0.2, 0.25) is 5.15 Å². The fourth-order valence-electron chi connectivity index (χ4n) is 1.98. The van der Waals surface area contributed by atoms with Crippen molar-refractivity contribution in [3.05, 3.63) is 47.2 Å². The van der Waals surface area contributed by atoms with E-state index in [1.165, 1.54) is 18.3 Å². The van der Waals surface area contributed by atoms with Gasteiger partial charge in [-0.15, -0.1) is 0 Å². The molecule has 0 aliphatic carbocycles. The second-order valence-corrected chi connectivity index (χ2v) is 6.51. The summed E-state index contributed by atoms with van der Waals surface area (Å²) < 4.78 is 27.3. The van der Waals surface area contributed by atoms with Gasteiger partial charge in [0.15, 0.2) is 0 Å². The second kappa shape index (κ2) is 5.01. The predicted molar refractivity (Wildman–Crippen MR) is 80.9 cm³/mol. The van der Waals surface area contributed by atoms with Crippen LogP contribution in [0, 0.1) is 6.92 Å². The van der Waals surface area contributed by atoms with Gasteiger partial charge in [0.1, 0.15) is 15.9 Å². The third kappa shape index (κ3) is 2.57. The average molecular weight is 323 g/mol. The van der Waals surface area contributed by atoms with E-state index in [2.05, 4.69) is 19.9 Å². The van der Waals surface area contributed by atoms with Gasteiger partial charge in [-0.25, -0.2) is 13.4 Å². The zero-order chi connectivity index (χ0) is 15.0. The first-order valence-corrected chi connectivity index (χ1v) is 7.91. The van der Waals surface area contributed by atoms with Crippen molar-refractivity contribution < 1.29 is 8.42 Å². The van der Waals surface area contributed by atoms with E-state index in [9.17, 15) is 8.42 Å². The molecular weight excluding hydrogens is 312 g/mol. The number of aromatic nitrogens is 3. The van der Waals surface area contributed by atoms with Crippen LogP contribution in [0.1, 0.15) is 5.56 Å². The third-order valence-corrected chi connectivity index (χ3v) is 4.75. The molecule has 8 heteroatoms. The van der Waals surface area contributed by atoms with Crippen LogP contribution < -0.4 is 4.72 Å². The Hall–Kier alpha value is -2.12. The number of aryl methyl sites for hydroxylation is 1. The van der Waals surface area contributed by atoms with Crippen LogP contribution in [-0.2, 0) is 10.0 Å². The van der Waals surface area contributed by atoms with Crippen molar-refractivity contribution >= 4 is 38.3 Å². The molecule has 3 rings (SSSR count). The molecule has 0 spiro atoms. The Kier molecular flexibility index (Phi) is 3.30. The number of hydrogen-bond donors (Lipinski definition) is 2. The summed E-state index contributed by atoms with van der Waals surface area (Å²) in [4.78, 5) is 4.26. The molecule has 0 aliphatic heterocycles. The summed E-state index contributed by atoms with van der Waals surface area (Å²) in [7, 11) is -3.78. The SMILES string of the molecule is Cc1cc2cccc(S(=O)(=O)Nc3ccn[nH]3)c2nc1Cl. The van der Waals surface area contributed by atoms with Crippen molar-refractivity contribution in [2.45, 2.75) is 11.8 Å². The number of nitrogens with one attached hydrogen (secondary N) is 2. The average Bonchev–Trinajstić information content (AvgIpc) is 2.91. The highest BCUT2D eigenvalue weighted by Gasteiger charge is 2.19. The zero-order valence-electron chi connectivity index (χ0n) is 11.0. The molecule has 108 valence electrons. The predicted octanol–water partition coefficient (Wildman–Crippen LogP) is 2.72. The van der Waals surface area contributed by atoms with E-state index >= 15 is 0 Å². The van der Waals surface area contributed by atoms with Gasteiger partial charge in [-0.2, -0.15) is 5.10 Å². The molecule has 2 heterocycles. The number of rotatable bonds is 3. The number of sulfonamides is 1. The standard InChI is InChI=1S/C13H11ClN4O2S/c1-8-7-9-3-2-4-10(12(9)16-13(8)14)21(19,20)18-11-5-6-15-17-11/h2-7H,1H3,(H2,15,17,18). The van der Waals surface area contributed by atoms with Crippen LogP contribution in [0.5, 0.6) is 0 Å². The van der Waals surface area contributed by atoms with Gasteiger partial charge >= 0.3 is 0 Å². The molecule has 0 fully saturated rings. The number of nitrogens with zero attached hydrogens (tertiary/aromatic N) is 2. The maximum Gasteiger partial charge on any atom is 0.265 e. The summed E-state index contributed by atoms with van der Waals surface area (Å²) in [6.45, 7) is 1.82. The van der Waals surface area contributed by atoms with Gasteiger partial charge in [0.2, 0.25) is 0 Å². The molecule has 0 bridgehead atoms. The summed E-state index contributed by atoms with van der Waals surface area (Å²) in [5, 5.41) is 7.24. The Morgan fingerprint density at radius 2 is 2.10 bits per heavy atom. The number of H-pyrrole nitrogens is 1. The fraction of sp³-hybridized carbons (Fsp3) is 0.0769. The van der Waals surface area contributed by atoms with Crippen molar-refractivity contribution in [1.82, 2.24) is 15.2 Å². The number of aromatic amines is 1. The first-order chi connectivity index (χ1) is 9.97. The Morgan fingerprint density at radius 1 is 1.29 bits per heavy atom. The van der Waals surface area contributed by atoms with Crippen molar-refractivity contribution in [2.24, 2.45) is 0 Å². The number of fused-ring (bicyclic) bond motifs is 1. The number of para-hydroxylation sites is 1. The topological polar surface area (TPSA) is 87.7 Å². The molecule has 2 aromatic heterocycles. The van der Waals surface area contributed by atoms with E-state index in [1.54, 1.807) is 18.2 Å². The molecule has 0 unspecified atom stereocenters. The molecule has 1 aromatic carbocycles. The largest absolute Gasteiger partial charge is 0.265 e. The van der Waals surface area contributed by atoms with Crippen molar-refractivity contribution in [3.8, 4) is 0 Å². The molecule has 0 aliphatic rings. The molecule has 0 radical (unpaired) electrons. The number of anilines is 1. The van der Waals surface area contributed by atoms with Crippen LogP contribution >= 0.6 is 11.6 Å². The summed E-state index contributed by atoms with van der Waals surface area (Å²) in [5.74, 6) is 0.283. The number of pyridine rings is 1. The van der Waals surface area contributed by atoms with Gasteiger partial charge in [-0.3, -0.25) is 9.82 Å². The molecule has 2 N–H and O–H groups in total. The second-order valence-electron chi connectivity index (χ2n) is 4.50. The lowest BCUT2D eigenvalue weighted by atomic mass is 10.2. The minimum Gasteiger partial charge on any atom is -0.264 e. The van der Waals surface area contributed by atoms with Gasteiger partial charge in [0, 0.05) is 11.5 Å². The summed E-state index contributed by atoms with van der Waals surface area (Å²) in [6, 6.07) is 8.27. The quantitative estimate of drug-likeness (QED) is 0.726. The highest BCUT2D eigenvalue weighted by atomic mass is 35.5. The maximum atomic E-state index is 12.5. The molecule has 0 atom stereocenters. The molecular formula is C13H11ClN4O2S. The third-order valence-electron chi connectivity index (χ3n) is 2.97. The lowest BCUT2D eigenvalue weighted by Crippen LogP contribution is -2.14. The van der Waals surface area contributed by atoms with Gasteiger partial charge in [-0.05, 0) is 24.6 Å². The molecule has 6 nitrogen and oxygen atoms in total. The van der Waals surface area contributed by atoms with Gasteiger partial charge < -0.3 is 0 Å². The highest BCUT2D eigenvalue weighted by molar-refractivity contribution is 7.93. The van der Waals surface area contributed by atoms with Gasteiger partial charge in [0.25, 0.3) is 10.0 Å². The van der Waals surface area contributed by atoms with E-state index in [-0.39, 0.29) is 15.9 Å². The highest BCUT2D eigenvalue weighted by Crippen LogP contribution is 2.26. The molecule has 0 saturated heterocycles. The number of hydrogen-bond acceptors (Lipinski definition) is 4. The van der Waals surface area contributed by atoms with E-state index in [1.807, 2.05) is 6.92 Å². The van der Waals surface area contributed by atoms with E-state index in [0.717, 1.165) is 5.56 Å². The minimum atomic E-state index is -3.78. The Labute approximate surface area is 126 Å². The smallest absolute Gasteiger partial charge is 0.264 e. The Bertz CT molecular complexity index is 907. The lowest BCUT2D eigenvalue weighted by Gasteiger charge is -2.09. The van der Waals surface area contributed by atoms with Crippen molar-refractivity contribution in [1.29, 1.82) is 0 Å². The first kappa shape index (κ1) is 13.8. The summed E-state index contributed by atoms with van der Waals surface area (Å²) in [5.41, 5.74) is 1.13. The number of halogens is 1. The van der Waals surface area contributed by atoms with Gasteiger partial charge in [-0.1, -0.05) is 23.7 Å². The van der Waals surface area contributed by atoms with Crippen LogP contribution in [-0.4, -0.2) is 23.6 Å². The minimum absolute atomic E-state index is 0.0662. The lowest BCUT2D eigenvalue weighted by molar-refractivity contribution is 0.601. The Morgan fingerprint density at radius 3 is 2.81 bits per heavy atom. The van der Waals surface area contributed by atoms with E-state index < -0.39 is 10.0 Å². The first-order valence-electron chi connectivity index (χ1n) is 6.05. The van der Waals surface area contributed by atoms with E-state index in [0.29, 0.717) is 10.9 Å². The zero-order valence-corrected chi connectivity index (χ0v) is 12.5. The van der Waals surface area contributed by atoms with Crippen LogP contribution in [0.25, 0.3) is 10.9 Å². The van der Waals surface area contributed by atoms with Crippen LogP contribution in [0.3, 0.4) is 0 Å². The molecule has 21 heavy (non-hydrogen) atoms. The monoisotopic (exact) mass is 322 g/mol. The van der Waals surface area contributed by atoms with E-state index in [4.69, 9.17) is 11.6 Å². The Balaban J connectivity index is 2.18. The summed E-state index contributed by atoms with van der Waals surface area (Å²) >= 11 is 6.01. The van der Waals surface area contributed by atoms with Crippen molar-refractivity contribution in [2.75, 3.05) is 4.72 Å². The number of benzene rings is 1. The van der Waals surface area contributed by atoms with Crippen molar-refractivity contribution in [3.63, 3.8) is 0 Å². The molecule has 3 aromatic rings. The molecule has 0 amide bonds. The van der Waals surface area contributed by atoms with Crippen LogP contribution in [0.15, 0.2) is 41.4 Å². The maximum absolute atomic E-state index is 12.5. The fourth-order valence-corrected chi connectivity index (χ4v) is 3.31. The van der Waals surface area contributed by atoms with Crippen LogP contribution in [0.4, 0.5) is 5.82 Å². The summed E-state index contributed by atoms with van der Waals surface area (Å²) in [6.07, 6.45) is 1.46. The normalized spacial score (nSPS) is 11.7.